The van der Waals surface area contributed by atoms with E-state index < -0.39 is 9.84 Å². The Morgan fingerprint density at radius 2 is 2.00 bits per heavy atom. The second-order valence-electron chi connectivity index (χ2n) is 2.76. The van der Waals surface area contributed by atoms with Crippen molar-refractivity contribution in [1.82, 2.24) is 5.32 Å². The van der Waals surface area contributed by atoms with Gasteiger partial charge in [-0.3, -0.25) is 0 Å². The zero-order valence-corrected chi connectivity index (χ0v) is 7.53. The first-order chi connectivity index (χ1) is 4.45. The standard InChI is InChI=1S/C6H15NO2S/c1-6(4-7-2)5-10(3,8)9/h6-7H,4-5H2,1-3H3. The van der Waals surface area contributed by atoms with Gasteiger partial charge in [-0.05, 0) is 19.5 Å². The average Bonchev–Trinajstić information content (AvgIpc) is 1.59. The third-order valence-electron chi connectivity index (χ3n) is 1.14. The van der Waals surface area contributed by atoms with Crippen LogP contribution in [0.5, 0.6) is 0 Å². The topological polar surface area (TPSA) is 46.2 Å². The Morgan fingerprint density at radius 1 is 1.50 bits per heavy atom. The number of rotatable bonds is 4. The van der Waals surface area contributed by atoms with E-state index in [0.717, 1.165) is 6.54 Å². The lowest BCUT2D eigenvalue weighted by atomic mass is 10.2. The molecule has 1 unspecified atom stereocenters. The zero-order chi connectivity index (χ0) is 8.20. The van der Waals surface area contributed by atoms with Gasteiger partial charge in [0, 0.05) is 6.26 Å². The van der Waals surface area contributed by atoms with Gasteiger partial charge in [0.2, 0.25) is 0 Å². The summed E-state index contributed by atoms with van der Waals surface area (Å²) in [5, 5.41) is 2.93. The van der Waals surface area contributed by atoms with E-state index in [0.29, 0.717) is 0 Å². The van der Waals surface area contributed by atoms with Gasteiger partial charge in [0.25, 0.3) is 0 Å². The molecule has 3 nitrogen and oxygen atoms in total. The molecule has 0 saturated carbocycles. The van der Waals surface area contributed by atoms with Crippen LogP contribution in [0.15, 0.2) is 0 Å². The molecule has 0 amide bonds. The summed E-state index contributed by atoms with van der Waals surface area (Å²) in [4.78, 5) is 0. The van der Waals surface area contributed by atoms with Gasteiger partial charge in [-0.15, -0.1) is 0 Å². The molecule has 0 fully saturated rings. The Hall–Kier alpha value is -0.0900. The highest BCUT2D eigenvalue weighted by Gasteiger charge is 2.08. The van der Waals surface area contributed by atoms with Crippen molar-refractivity contribution in [2.75, 3.05) is 25.6 Å². The highest BCUT2D eigenvalue weighted by molar-refractivity contribution is 7.90. The molecule has 0 aliphatic rings. The van der Waals surface area contributed by atoms with Crippen LogP contribution in [0.3, 0.4) is 0 Å². The molecule has 62 valence electrons. The van der Waals surface area contributed by atoms with Crippen molar-refractivity contribution in [3.8, 4) is 0 Å². The lowest BCUT2D eigenvalue weighted by molar-refractivity contribution is 0.560. The molecule has 1 atom stereocenters. The number of hydrogen-bond acceptors (Lipinski definition) is 3. The average molecular weight is 165 g/mol. The van der Waals surface area contributed by atoms with E-state index in [1.165, 1.54) is 6.26 Å². The van der Waals surface area contributed by atoms with E-state index in [1.54, 1.807) is 0 Å². The third kappa shape index (κ3) is 6.04. The minimum absolute atomic E-state index is 0.208. The molecular formula is C6H15NO2S. The van der Waals surface area contributed by atoms with Crippen LogP contribution in [0.2, 0.25) is 0 Å². The maximum Gasteiger partial charge on any atom is 0.147 e. The Labute approximate surface area is 62.7 Å². The summed E-state index contributed by atoms with van der Waals surface area (Å²) in [5.74, 6) is 0.480. The number of hydrogen-bond donors (Lipinski definition) is 1. The lowest BCUT2D eigenvalue weighted by Crippen LogP contribution is -2.22. The summed E-state index contributed by atoms with van der Waals surface area (Å²) in [6.07, 6.45) is 1.26. The van der Waals surface area contributed by atoms with Crippen LogP contribution in [0.1, 0.15) is 6.92 Å². The minimum Gasteiger partial charge on any atom is -0.319 e. The Kier molecular flexibility index (Phi) is 3.89. The van der Waals surface area contributed by atoms with E-state index in [-0.39, 0.29) is 11.7 Å². The molecule has 0 aliphatic heterocycles. The van der Waals surface area contributed by atoms with E-state index in [4.69, 9.17) is 0 Å². The van der Waals surface area contributed by atoms with Gasteiger partial charge in [0.15, 0.2) is 0 Å². The molecule has 10 heavy (non-hydrogen) atoms. The highest BCUT2D eigenvalue weighted by atomic mass is 32.2. The molecule has 0 rings (SSSR count). The predicted molar refractivity (Wildman–Crippen MR) is 42.8 cm³/mol. The first-order valence-electron chi connectivity index (χ1n) is 3.28. The van der Waals surface area contributed by atoms with Crippen LogP contribution >= 0.6 is 0 Å². The molecule has 1 N–H and O–H groups in total. The van der Waals surface area contributed by atoms with Crippen molar-refractivity contribution in [2.24, 2.45) is 5.92 Å². The van der Waals surface area contributed by atoms with Gasteiger partial charge < -0.3 is 5.32 Å². The second-order valence-corrected chi connectivity index (χ2v) is 4.94. The van der Waals surface area contributed by atoms with Crippen LogP contribution in [0.25, 0.3) is 0 Å². The van der Waals surface area contributed by atoms with Gasteiger partial charge in [-0.2, -0.15) is 0 Å². The molecule has 0 aromatic carbocycles. The van der Waals surface area contributed by atoms with Crippen LogP contribution in [-0.2, 0) is 9.84 Å². The van der Waals surface area contributed by atoms with Crippen molar-refractivity contribution < 1.29 is 8.42 Å². The van der Waals surface area contributed by atoms with Gasteiger partial charge in [0.1, 0.15) is 9.84 Å². The maximum atomic E-state index is 10.7. The van der Waals surface area contributed by atoms with Crippen molar-refractivity contribution >= 4 is 9.84 Å². The molecular weight excluding hydrogens is 150 g/mol. The van der Waals surface area contributed by atoms with Crippen molar-refractivity contribution in [2.45, 2.75) is 6.92 Å². The fraction of sp³-hybridized carbons (Fsp3) is 1.00. The Morgan fingerprint density at radius 3 is 2.30 bits per heavy atom. The van der Waals surface area contributed by atoms with E-state index in [1.807, 2.05) is 14.0 Å². The molecule has 0 heterocycles. The molecule has 4 heteroatoms. The van der Waals surface area contributed by atoms with Crippen molar-refractivity contribution in [3.63, 3.8) is 0 Å². The minimum atomic E-state index is -2.79. The summed E-state index contributed by atoms with van der Waals surface area (Å²) in [6, 6.07) is 0. The summed E-state index contributed by atoms with van der Waals surface area (Å²) in [6.45, 7) is 2.67. The summed E-state index contributed by atoms with van der Waals surface area (Å²) in [7, 11) is -0.967. The maximum absolute atomic E-state index is 10.7. The van der Waals surface area contributed by atoms with Crippen molar-refractivity contribution in [3.05, 3.63) is 0 Å². The molecule has 0 aliphatic carbocycles. The fourth-order valence-corrected chi connectivity index (χ4v) is 2.08. The number of sulfone groups is 1. The quantitative estimate of drug-likeness (QED) is 0.632. The van der Waals surface area contributed by atoms with E-state index >= 15 is 0 Å². The van der Waals surface area contributed by atoms with Gasteiger partial charge in [-0.25, -0.2) is 8.42 Å². The third-order valence-corrected chi connectivity index (χ3v) is 2.31. The van der Waals surface area contributed by atoms with Crippen LogP contribution in [0, 0.1) is 5.92 Å². The van der Waals surface area contributed by atoms with Gasteiger partial charge >= 0.3 is 0 Å². The molecule has 0 radical (unpaired) electrons. The fourth-order valence-electron chi connectivity index (χ4n) is 0.924. The molecule has 0 aromatic heterocycles. The lowest BCUT2D eigenvalue weighted by Gasteiger charge is -2.07. The van der Waals surface area contributed by atoms with Crippen molar-refractivity contribution in [1.29, 1.82) is 0 Å². The van der Waals surface area contributed by atoms with Crippen LogP contribution in [-0.4, -0.2) is 34.0 Å². The molecule has 0 spiro atoms. The normalized spacial score (nSPS) is 15.1. The monoisotopic (exact) mass is 165 g/mol. The Balaban J connectivity index is 3.69. The second kappa shape index (κ2) is 3.93. The van der Waals surface area contributed by atoms with Gasteiger partial charge in [-0.1, -0.05) is 6.92 Å². The molecule has 0 saturated heterocycles. The zero-order valence-electron chi connectivity index (χ0n) is 6.72. The number of nitrogens with one attached hydrogen (secondary N) is 1. The summed E-state index contributed by atoms with van der Waals surface area (Å²) >= 11 is 0. The van der Waals surface area contributed by atoms with Gasteiger partial charge in [0.05, 0.1) is 5.75 Å². The van der Waals surface area contributed by atoms with E-state index in [9.17, 15) is 8.42 Å². The largest absolute Gasteiger partial charge is 0.319 e. The van der Waals surface area contributed by atoms with Crippen LogP contribution < -0.4 is 5.32 Å². The summed E-state index contributed by atoms with van der Waals surface area (Å²) in [5.41, 5.74) is 0. The van der Waals surface area contributed by atoms with E-state index in [2.05, 4.69) is 5.32 Å². The first kappa shape index (κ1) is 9.91. The summed E-state index contributed by atoms with van der Waals surface area (Å²) < 4.78 is 21.4. The smallest absolute Gasteiger partial charge is 0.147 e. The van der Waals surface area contributed by atoms with Crippen LogP contribution in [0.4, 0.5) is 0 Å². The highest BCUT2D eigenvalue weighted by Crippen LogP contribution is 1.96. The SMILES string of the molecule is CNCC(C)CS(C)(=O)=O. The predicted octanol–water partition coefficient (Wildman–Crippen LogP) is -0.113. The first-order valence-corrected chi connectivity index (χ1v) is 5.34. The molecule has 0 aromatic rings. The Bertz CT molecular complexity index is 174. The molecule has 0 bridgehead atoms.